The van der Waals surface area contributed by atoms with Crippen molar-refractivity contribution in [1.29, 1.82) is 0 Å². The summed E-state index contributed by atoms with van der Waals surface area (Å²) in [6.45, 7) is 4.79. The second kappa shape index (κ2) is 5.36. The van der Waals surface area contributed by atoms with Crippen molar-refractivity contribution in [2.24, 2.45) is 7.05 Å². The van der Waals surface area contributed by atoms with Crippen molar-refractivity contribution in [3.63, 3.8) is 0 Å². The largest absolute Gasteiger partial charge is 0.372 e. The molecule has 2 aromatic heterocycles. The van der Waals surface area contributed by atoms with Crippen LogP contribution in [0.1, 0.15) is 25.6 Å². The lowest BCUT2D eigenvalue weighted by Crippen LogP contribution is -2.04. The molecule has 4 rings (SSSR count). The van der Waals surface area contributed by atoms with Crippen molar-refractivity contribution in [3.05, 3.63) is 54.2 Å². The van der Waals surface area contributed by atoms with E-state index in [1.54, 1.807) is 0 Å². The van der Waals surface area contributed by atoms with Gasteiger partial charge in [0.15, 0.2) is 0 Å². The first-order chi connectivity index (χ1) is 11.2. The van der Waals surface area contributed by atoms with Crippen molar-refractivity contribution in [2.45, 2.75) is 20.0 Å². The topological polar surface area (TPSA) is 27.1 Å². The number of benzene rings is 2. The maximum atomic E-state index is 5.87. The Morgan fingerprint density at radius 3 is 2.52 bits per heavy atom. The van der Waals surface area contributed by atoms with Crippen LogP contribution >= 0.6 is 0 Å². The zero-order chi connectivity index (χ0) is 16.0. The molecule has 0 saturated heterocycles. The number of para-hydroxylation sites is 2. The molecule has 0 aliphatic carbocycles. The molecule has 116 valence electrons. The molecule has 0 N–H and O–H groups in total. The average molecular weight is 304 g/mol. The van der Waals surface area contributed by atoms with Crippen LogP contribution in [0.5, 0.6) is 0 Å². The van der Waals surface area contributed by atoms with E-state index in [1.807, 2.05) is 13.0 Å². The molecule has 0 aliphatic heterocycles. The van der Waals surface area contributed by atoms with Crippen LogP contribution in [0, 0.1) is 0 Å². The molecular formula is C20H20N2O. The van der Waals surface area contributed by atoms with Gasteiger partial charge in [0.25, 0.3) is 0 Å². The van der Waals surface area contributed by atoms with E-state index in [-0.39, 0.29) is 6.10 Å². The lowest BCUT2D eigenvalue weighted by atomic mass is 10.0. The molecule has 4 aromatic rings. The molecule has 0 radical (unpaired) electrons. The Labute approximate surface area is 135 Å². The van der Waals surface area contributed by atoms with Gasteiger partial charge in [0, 0.05) is 35.3 Å². The highest BCUT2D eigenvalue weighted by molar-refractivity contribution is 6.17. The molecule has 2 aromatic carbocycles. The van der Waals surface area contributed by atoms with Crippen LogP contribution in [0.25, 0.3) is 32.7 Å². The van der Waals surface area contributed by atoms with Gasteiger partial charge in [-0.05, 0) is 26.0 Å². The third-order valence-corrected chi connectivity index (χ3v) is 4.56. The predicted molar refractivity (Wildman–Crippen MR) is 95.8 cm³/mol. The number of aromatic nitrogens is 2. The molecule has 1 unspecified atom stereocenters. The smallest absolute Gasteiger partial charge is 0.0973 e. The molecule has 23 heavy (non-hydrogen) atoms. The Morgan fingerprint density at radius 1 is 1.04 bits per heavy atom. The molecule has 0 bridgehead atoms. The van der Waals surface area contributed by atoms with Gasteiger partial charge in [-0.1, -0.05) is 36.4 Å². The fourth-order valence-electron chi connectivity index (χ4n) is 3.55. The summed E-state index contributed by atoms with van der Waals surface area (Å²) >= 11 is 0. The molecule has 0 aliphatic rings. The van der Waals surface area contributed by atoms with Gasteiger partial charge in [0.2, 0.25) is 0 Å². The first-order valence-electron chi connectivity index (χ1n) is 8.09. The molecule has 0 saturated carbocycles. The number of pyridine rings is 1. The minimum absolute atomic E-state index is 0.0297. The highest BCUT2D eigenvalue weighted by Crippen LogP contribution is 2.37. The van der Waals surface area contributed by atoms with Crippen molar-refractivity contribution in [1.82, 2.24) is 9.55 Å². The Morgan fingerprint density at radius 2 is 1.74 bits per heavy atom. The van der Waals surface area contributed by atoms with Gasteiger partial charge in [-0.3, -0.25) is 0 Å². The van der Waals surface area contributed by atoms with E-state index in [9.17, 15) is 0 Å². The fourth-order valence-corrected chi connectivity index (χ4v) is 3.55. The van der Waals surface area contributed by atoms with E-state index in [0.29, 0.717) is 6.61 Å². The van der Waals surface area contributed by atoms with Gasteiger partial charge >= 0.3 is 0 Å². The van der Waals surface area contributed by atoms with Gasteiger partial charge in [0.1, 0.15) is 0 Å². The van der Waals surface area contributed by atoms with Crippen molar-refractivity contribution < 1.29 is 4.74 Å². The average Bonchev–Trinajstić information content (AvgIpc) is 2.88. The van der Waals surface area contributed by atoms with E-state index in [2.05, 4.69) is 61.0 Å². The Kier molecular flexibility index (Phi) is 3.31. The van der Waals surface area contributed by atoms with Gasteiger partial charge in [-0.2, -0.15) is 0 Å². The number of fused-ring (bicyclic) bond motifs is 5. The number of hydrogen-bond donors (Lipinski definition) is 0. The summed E-state index contributed by atoms with van der Waals surface area (Å²) < 4.78 is 8.15. The number of ether oxygens (including phenoxy) is 1. The number of nitrogens with zero attached hydrogens (tertiary/aromatic N) is 2. The highest BCUT2D eigenvalue weighted by atomic mass is 16.5. The summed E-state index contributed by atoms with van der Waals surface area (Å²) in [5.41, 5.74) is 4.51. The number of aryl methyl sites for hydroxylation is 1. The standard InChI is InChI=1S/C20H20N2O/c1-4-23-13(2)19-18-15-10-6-8-12-17(15)22(3)20(18)14-9-5-7-11-16(14)21-19/h5-13H,4H2,1-3H3. The van der Waals surface area contributed by atoms with Crippen LogP contribution in [0.4, 0.5) is 0 Å². The van der Waals surface area contributed by atoms with E-state index in [0.717, 1.165) is 11.2 Å². The Bertz CT molecular complexity index is 1020. The summed E-state index contributed by atoms with van der Waals surface area (Å²) in [5.74, 6) is 0. The van der Waals surface area contributed by atoms with Gasteiger partial charge < -0.3 is 9.30 Å². The molecule has 1 atom stereocenters. The van der Waals surface area contributed by atoms with Crippen LogP contribution in [-0.2, 0) is 11.8 Å². The molecule has 3 nitrogen and oxygen atoms in total. The van der Waals surface area contributed by atoms with Crippen molar-refractivity contribution in [2.75, 3.05) is 6.61 Å². The van der Waals surface area contributed by atoms with Crippen molar-refractivity contribution in [3.8, 4) is 0 Å². The third-order valence-electron chi connectivity index (χ3n) is 4.56. The van der Waals surface area contributed by atoms with Crippen LogP contribution in [-0.4, -0.2) is 16.2 Å². The summed E-state index contributed by atoms with van der Waals surface area (Å²) in [7, 11) is 2.13. The lowest BCUT2D eigenvalue weighted by molar-refractivity contribution is 0.0747. The monoisotopic (exact) mass is 304 g/mol. The molecular weight excluding hydrogens is 284 g/mol. The van der Waals surface area contributed by atoms with E-state index < -0.39 is 0 Å². The van der Waals surface area contributed by atoms with Gasteiger partial charge in [-0.25, -0.2) is 4.98 Å². The molecule has 0 amide bonds. The number of rotatable bonds is 3. The third kappa shape index (κ3) is 2.04. The first kappa shape index (κ1) is 14.2. The highest BCUT2D eigenvalue weighted by Gasteiger charge is 2.20. The Hall–Kier alpha value is -2.39. The SMILES string of the molecule is CCOC(C)c1nc2ccccc2c2c1c1ccccc1n2C. The zero-order valence-electron chi connectivity index (χ0n) is 13.7. The minimum atomic E-state index is -0.0297. The van der Waals surface area contributed by atoms with Crippen LogP contribution in [0.15, 0.2) is 48.5 Å². The Balaban J connectivity index is 2.24. The van der Waals surface area contributed by atoms with Gasteiger partial charge in [0.05, 0.1) is 22.8 Å². The maximum absolute atomic E-state index is 5.87. The van der Waals surface area contributed by atoms with Crippen LogP contribution in [0.2, 0.25) is 0 Å². The molecule has 3 heteroatoms. The second-order valence-corrected chi connectivity index (χ2v) is 5.91. The van der Waals surface area contributed by atoms with Gasteiger partial charge in [-0.15, -0.1) is 0 Å². The second-order valence-electron chi connectivity index (χ2n) is 5.91. The quantitative estimate of drug-likeness (QED) is 0.534. The minimum Gasteiger partial charge on any atom is -0.372 e. The predicted octanol–water partition coefficient (Wildman–Crippen LogP) is 4.98. The molecule has 0 fully saturated rings. The van der Waals surface area contributed by atoms with E-state index in [1.165, 1.54) is 27.2 Å². The normalized spacial score (nSPS) is 13.2. The van der Waals surface area contributed by atoms with E-state index in [4.69, 9.17) is 9.72 Å². The molecule has 2 heterocycles. The van der Waals surface area contributed by atoms with E-state index >= 15 is 0 Å². The first-order valence-corrected chi connectivity index (χ1v) is 8.09. The lowest BCUT2D eigenvalue weighted by Gasteiger charge is -2.14. The fraction of sp³-hybridized carbons (Fsp3) is 0.250. The molecule has 0 spiro atoms. The summed E-state index contributed by atoms with van der Waals surface area (Å²) in [6.07, 6.45) is -0.0297. The summed E-state index contributed by atoms with van der Waals surface area (Å²) in [5, 5.41) is 3.64. The number of hydrogen-bond acceptors (Lipinski definition) is 2. The van der Waals surface area contributed by atoms with Crippen LogP contribution in [0.3, 0.4) is 0 Å². The summed E-state index contributed by atoms with van der Waals surface area (Å²) in [4.78, 5) is 4.95. The van der Waals surface area contributed by atoms with Crippen LogP contribution < -0.4 is 0 Å². The van der Waals surface area contributed by atoms with Crippen molar-refractivity contribution >= 4 is 32.7 Å². The zero-order valence-corrected chi connectivity index (χ0v) is 13.7. The maximum Gasteiger partial charge on any atom is 0.0973 e. The summed E-state index contributed by atoms with van der Waals surface area (Å²) in [6, 6.07) is 16.9.